The molecule has 4 heterocycles. The Kier molecular flexibility index (Phi) is 3.36. The van der Waals surface area contributed by atoms with E-state index in [0.29, 0.717) is 0 Å². The van der Waals surface area contributed by atoms with E-state index in [1.807, 2.05) is 0 Å². The van der Waals surface area contributed by atoms with Gasteiger partial charge in [-0.2, -0.15) is 0 Å². The van der Waals surface area contributed by atoms with Crippen LogP contribution in [-0.2, 0) is 18.3 Å². The molecular formula is C10H11ClN5O6P. The van der Waals surface area contributed by atoms with Gasteiger partial charge in [0.15, 0.2) is 23.2 Å². The number of nitrogens with zero attached hydrogens (tertiary/aromatic N) is 4. The third kappa shape index (κ3) is 2.32. The van der Waals surface area contributed by atoms with E-state index >= 15 is 0 Å². The minimum absolute atomic E-state index is 0.0250. The average molecular weight is 364 g/mol. The van der Waals surface area contributed by atoms with E-state index < -0.39 is 32.4 Å². The lowest BCUT2D eigenvalue weighted by Crippen LogP contribution is -2.39. The highest BCUT2D eigenvalue weighted by molar-refractivity contribution is 7.47. The van der Waals surface area contributed by atoms with Crippen molar-refractivity contribution in [3.05, 3.63) is 11.6 Å². The highest BCUT2D eigenvalue weighted by atomic mass is 35.5. The van der Waals surface area contributed by atoms with Gasteiger partial charge in [-0.3, -0.25) is 13.6 Å². The third-order valence-corrected chi connectivity index (χ3v) is 4.93. The number of hydrogen-bond donors (Lipinski definition) is 3. The smallest absolute Gasteiger partial charge is 0.386 e. The number of ether oxygens (including phenoxy) is 1. The van der Waals surface area contributed by atoms with Gasteiger partial charge in [0.1, 0.15) is 24.6 Å². The summed E-state index contributed by atoms with van der Waals surface area (Å²) in [5.74, 6) is 0.125. The summed E-state index contributed by atoms with van der Waals surface area (Å²) in [6.45, 7) is -0.201. The molecule has 1 unspecified atom stereocenters. The number of nitrogen functional groups attached to an aromatic ring is 1. The zero-order valence-electron chi connectivity index (χ0n) is 11.3. The number of phosphoric acid groups is 1. The number of phosphoric ester groups is 1. The van der Waals surface area contributed by atoms with Gasteiger partial charge in [-0.1, -0.05) is 0 Å². The van der Waals surface area contributed by atoms with Crippen LogP contribution in [-0.4, -0.2) is 54.4 Å². The first-order valence-corrected chi connectivity index (χ1v) is 8.38. The molecule has 5 atom stereocenters. The minimum atomic E-state index is -4.21. The van der Waals surface area contributed by atoms with E-state index in [0.717, 1.165) is 0 Å². The maximum atomic E-state index is 11.5. The SMILES string of the molecule is Nc1ncnc2c1nc(Cl)n2[C@@H]1O[C@H]2COP(=O)(O)O[C@@H]2[C@@H]1O. The maximum absolute atomic E-state index is 11.5. The highest BCUT2D eigenvalue weighted by Crippen LogP contribution is 2.52. The largest absolute Gasteiger partial charge is 0.472 e. The summed E-state index contributed by atoms with van der Waals surface area (Å²) in [6, 6.07) is 0. The van der Waals surface area contributed by atoms with Gasteiger partial charge in [0.05, 0.1) is 6.61 Å². The predicted molar refractivity (Wildman–Crippen MR) is 75.3 cm³/mol. The van der Waals surface area contributed by atoms with Crippen molar-refractivity contribution in [1.82, 2.24) is 19.5 Å². The molecule has 11 nitrogen and oxygen atoms in total. The molecule has 23 heavy (non-hydrogen) atoms. The Hall–Kier alpha value is -1.33. The first kappa shape index (κ1) is 15.2. The van der Waals surface area contributed by atoms with Crippen molar-refractivity contribution in [1.29, 1.82) is 0 Å². The van der Waals surface area contributed by atoms with Crippen molar-refractivity contribution >= 4 is 36.4 Å². The molecule has 0 bridgehead atoms. The Balaban J connectivity index is 1.76. The van der Waals surface area contributed by atoms with Gasteiger partial charge in [-0.05, 0) is 11.6 Å². The quantitative estimate of drug-likeness (QED) is 0.459. The van der Waals surface area contributed by atoms with Crippen LogP contribution in [0, 0.1) is 0 Å². The molecule has 2 fully saturated rings. The van der Waals surface area contributed by atoms with Crippen LogP contribution in [0.2, 0.25) is 5.28 Å². The number of aromatic nitrogens is 4. The zero-order chi connectivity index (χ0) is 16.4. The maximum Gasteiger partial charge on any atom is 0.472 e. The van der Waals surface area contributed by atoms with Gasteiger partial charge in [0.2, 0.25) is 5.28 Å². The number of imidazole rings is 1. The van der Waals surface area contributed by atoms with Crippen LogP contribution >= 0.6 is 19.4 Å². The number of hydrogen-bond acceptors (Lipinski definition) is 9. The summed E-state index contributed by atoms with van der Waals surface area (Å²) in [7, 11) is -4.21. The Morgan fingerprint density at radius 1 is 1.48 bits per heavy atom. The second-order valence-corrected chi connectivity index (χ2v) is 6.82. The predicted octanol–water partition coefficient (Wildman–Crippen LogP) is -0.164. The van der Waals surface area contributed by atoms with E-state index in [1.54, 1.807) is 0 Å². The lowest BCUT2D eigenvalue weighted by Gasteiger charge is -2.27. The van der Waals surface area contributed by atoms with Crippen LogP contribution in [0.5, 0.6) is 0 Å². The Labute approximate surface area is 133 Å². The summed E-state index contributed by atoms with van der Waals surface area (Å²) in [6.07, 6.45) is -2.87. The van der Waals surface area contributed by atoms with Crippen molar-refractivity contribution in [3.63, 3.8) is 0 Å². The molecule has 0 saturated carbocycles. The molecule has 4 rings (SSSR count). The Bertz CT molecular complexity index is 831. The van der Waals surface area contributed by atoms with Crippen molar-refractivity contribution in [2.75, 3.05) is 12.3 Å². The molecule has 13 heteroatoms. The van der Waals surface area contributed by atoms with Crippen LogP contribution in [0.1, 0.15) is 6.23 Å². The van der Waals surface area contributed by atoms with Crippen molar-refractivity contribution in [2.24, 2.45) is 0 Å². The number of rotatable bonds is 1. The van der Waals surface area contributed by atoms with Gasteiger partial charge in [0, 0.05) is 0 Å². The third-order valence-electron chi connectivity index (χ3n) is 3.68. The summed E-state index contributed by atoms with van der Waals surface area (Å²) >= 11 is 6.10. The van der Waals surface area contributed by atoms with E-state index in [4.69, 9.17) is 26.6 Å². The first-order valence-electron chi connectivity index (χ1n) is 6.50. The molecule has 0 amide bonds. The fourth-order valence-electron chi connectivity index (χ4n) is 2.67. The fraction of sp³-hybridized carbons (Fsp3) is 0.500. The van der Waals surface area contributed by atoms with Crippen molar-refractivity contribution in [3.8, 4) is 0 Å². The molecule has 0 spiro atoms. The fourth-order valence-corrected chi connectivity index (χ4v) is 3.90. The van der Waals surface area contributed by atoms with Crippen LogP contribution < -0.4 is 5.73 Å². The number of nitrogens with two attached hydrogens (primary N) is 1. The summed E-state index contributed by atoms with van der Waals surface area (Å²) in [4.78, 5) is 21.3. The summed E-state index contributed by atoms with van der Waals surface area (Å²) < 4.78 is 28.0. The van der Waals surface area contributed by atoms with Gasteiger partial charge in [-0.25, -0.2) is 19.5 Å². The second-order valence-electron chi connectivity index (χ2n) is 5.07. The van der Waals surface area contributed by atoms with E-state index in [2.05, 4.69) is 19.5 Å². The number of anilines is 1. The number of halogens is 1. The molecule has 2 aliphatic rings. The Morgan fingerprint density at radius 2 is 2.26 bits per heavy atom. The van der Waals surface area contributed by atoms with Crippen molar-refractivity contribution < 1.29 is 28.3 Å². The lowest BCUT2D eigenvalue weighted by atomic mass is 10.1. The van der Waals surface area contributed by atoms with Crippen molar-refractivity contribution in [2.45, 2.75) is 24.5 Å². The number of aliphatic hydroxyl groups is 1. The van der Waals surface area contributed by atoms with Gasteiger partial charge in [-0.15, -0.1) is 0 Å². The first-order chi connectivity index (χ1) is 10.9. The average Bonchev–Trinajstić information content (AvgIpc) is 2.97. The van der Waals surface area contributed by atoms with Crippen LogP contribution in [0.3, 0.4) is 0 Å². The van der Waals surface area contributed by atoms with Crippen LogP contribution in [0.15, 0.2) is 6.33 Å². The van der Waals surface area contributed by atoms with Gasteiger partial charge in [0.25, 0.3) is 0 Å². The van der Waals surface area contributed by atoms with Crippen LogP contribution in [0.4, 0.5) is 5.82 Å². The molecule has 2 aromatic heterocycles. The lowest BCUT2D eigenvalue weighted by molar-refractivity contribution is -0.0663. The molecule has 4 N–H and O–H groups in total. The highest BCUT2D eigenvalue weighted by Gasteiger charge is 2.53. The molecule has 124 valence electrons. The summed E-state index contributed by atoms with van der Waals surface area (Å²) in [5, 5.41) is 10.4. The number of aliphatic hydroxyl groups excluding tert-OH is 1. The zero-order valence-corrected chi connectivity index (χ0v) is 13.0. The normalized spacial score (nSPS) is 37.2. The molecule has 0 radical (unpaired) electrons. The minimum Gasteiger partial charge on any atom is -0.386 e. The van der Waals surface area contributed by atoms with Gasteiger partial charge < -0.3 is 20.5 Å². The number of fused-ring (bicyclic) bond motifs is 2. The molecule has 2 aromatic rings. The molecule has 0 aliphatic carbocycles. The molecule has 2 saturated heterocycles. The van der Waals surface area contributed by atoms with E-state index in [1.165, 1.54) is 10.9 Å². The van der Waals surface area contributed by atoms with Crippen LogP contribution in [0.25, 0.3) is 11.2 Å². The standard InChI is InChI=1S/C10H11ClN5O6P/c11-10-15-4-7(12)13-2-14-8(4)16(10)9-5(17)6-3(21-9)1-20-23(18,19)22-6/h2-3,5-6,9,17H,1H2,(H,18,19)(H2,12,13,14)/t3-,5-,6-,9+/m0/s1. The molecule has 0 aromatic carbocycles. The molecule has 2 aliphatic heterocycles. The summed E-state index contributed by atoms with van der Waals surface area (Å²) in [5.41, 5.74) is 6.24. The monoisotopic (exact) mass is 363 g/mol. The Morgan fingerprint density at radius 3 is 3.04 bits per heavy atom. The van der Waals surface area contributed by atoms with E-state index in [-0.39, 0.29) is 28.9 Å². The van der Waals surface area contributed by atoms with Gasteiger partial charge >= 0.3 is 7.82 Å². The topological polar surface area (TPSA) is 155 Å². The second kappa shape index (κ2) is 5.08. The van der Waals surface area contributed by atoms with E-state index in [9.17, 15) is 14.6 Å². The molecular weight excluding hydrogens is 353 g/mol.